The Kier molecular flexibility index (Phi) is 2.74. The number of rotatable bonds is 1. The Morgan fingerprint density at radius 3 is 3.00 bits per heavy atom. The molecule has 0 saturated carbocycles. The second kappa shape index (κ2) is 4.28. The minimum Gasteiger partial charge on any atom is -0.369 e. The van der Waals surface area contributed by atoms with E-state index >= 15 is 0 Å². The molecule has 2 unspecified atom stereocenters. The van der Waals surface area contributed by atoms with Crippen molar-refractivity contribution in [3.8, 4) is 0 Å². The van der Waals surface area contributed by atoms with Crippen molar-refractivity contribution in [3.63, 3.8) is 0 Å². The quantitative estimate of drug-likeness (QED) is 0.795. The summed E-state index contributed by atoms with van der Waals surface area (Å²) in [5, 5.41) is 2.85. The zero-order valence-electron chi connectivity index (χ0n) is 10.6. The van der Waals surface area contributed by atoms with Gasteiger partial charge in [-0.25, -0.2) is 0 Å². The molecule has 1 amide bonds. The summed E-state index contributed by atoms with van der Waals surface area (Å²) >= 11 is 0. The Morgan fingerprint density at radius 1 is 1.39 bits per heavy atom. The van der Waals surface area contributed by atoms with Crippen LogP contribution in [-0.2, 0) is 4.79 Å². The SMILES string of the molecule is CC1CCCCN1c1ccc2c(c1)NC(=O)C2N. The summed E-state index contributed by atoms with van der Waals surface area (Å²) in [5.41, 5.74) is 8.80. The molecule has 4 heteroatoms. The maximum absolute atomic E-state index is 11.5. The van der Waals surface area contributed by atoms with Crippen molar-refractivity contribution >= 4 is 17.3 Å². The van der Waals surface area contributed by atoms with Gasteiger partial charge in [-0.15, -0.1) is 0 Å². The summed E-state index contributed by atoms with van der Waals surface area (Å²) in [5.74, 6) is -0.103. The average Bonchev–Trinajstić information content (AvgIpc) is 2.65. The van der Waals surface area contributed by atoms with Gasteiger partial charge in [0.25, 0.3) is 0 Å². The van der Waals surface area contributed by atoms with Crippen LogP contribution < -0.4 is 16.0 Å². The smallest absolute Gasteiger partial charge is 0.245 e. The third-order valence-electron chi connectivity index (χ3n) is 4.05. The van der Waals surface area contributed by atoms with Gasteiger partial charge >= 0.3 is 0 Å². The van der Waals surface area contributed by atoms with E-state index in [0.29, 0.717) is 6.04 Å². The van der Waals surface area contributed by atoms with Crippen molar-refractivity contribution in [2.45, 2.75) is 38.3 Å². The fraction of sp³-hybridized carbons (Fsp3) is 0.500. The Morgan fingerprint density at radius 2 is 2.22 bits per heavy atom. The molecule has 0 bridgehead atoms. The maximum atomic E-state index is 11.5. The predicted molar refractivity (Wildman–Crippen MR) is 72.7 cm³/mol. The molecule has 1 aromatic carbocycles. The highest BCUT2D eigenvalue weighted by atomic mass is 16.2. The summed E-state index contributed by atoms with van der Waals surface area (Å²) in [6.07, 6.45) is 3.79. The number of fused-ring (bicyclic) bond motifs is 1. The highest BCUT2D eigenvalue weighted by molar-refractivity contribution is 6.02. The normalized spacial score (nSPS) is 27.0. The van der Waals surface area contributed by atoms with Crippen LogP contribution in [0.1, 0.15) is 37.8 Å². The number of hydrogen-bond donors (Lipinski definition) is 2. The zero-order chi connectivity index (χ0) is 12.7. The molecular formula is C14H19N3O. The van der Waals surface area contributed by atoms with Crippen LogP contribution in [0.2, 0.25) is 0 Å². The summed E-state index contributed by atoms with van der Waals surface area (Å²) in [4.78, 5) is 13.9. The van der Waals surface area contributed by atoms with Gasteiger partial charge in [0.05, 0.1) is 0 Å². The number of carbonyl (C=O) groups excluding carboxylic acids is 1. The average molecular weight is 245 g/mol. The van der Waals surface area contributed by atoms with Crippen LogP contribution in [0.25, 0.3) is 0 Å². The lowest BCUT2D eigenvalue weighted by molar-refractivity contribution is -0.116. The maximum Gasteiger partial charge on any atom is 0.245 e. The lowest BCUT2D eigenvalue weighted by Crippen LogP contribution is -2.37. The van der Waals surface area contributed by atoms with E-state index in [4.69, 9.17) is 5.73 Å². The van der Waals surface area contributed by atoms with E-state index in [-0.39, 0.29) is 5.91 Å². The number of piperidine rings is 1. The van der Waals surface area contributed by atoms with Crippen LogP contribution in [0.15, 0.2) is 18.2 Å². The van der Waals surface area contributed by atoms with Gasteiger partial charge in [0.2, 0.25) is 5.91 Å². The van der Waals surface area contributed by atoms with Crippen LogP contribution in [0.5, 0.6) is 0 Å². The van der Waals surface area contributed by atoms with Crippen molar-refractivity contribution in [3.05, 3.63) is 23.8 Å². The first-order chi connectivity index (χ1) is 8.66. The highest BCUT2D eigenvalue weighted by Gasteiger charge is 2.28. The van der Waals surface area contributed by atoms with Crippen LogP contribution in [0.4, 0.5) is 11.4 Å². The number of nitrogens with one attached hydrogen (secondary N) is 1. The number of anilines is 2. The standard InChI is InChI=1S/C14H19N3O/c1-9-4-2-3-7-17(9)10-5-6-11-12(8-10)16-14(18)13(11)15/h5-6,8-9,13H,2-4,7,15H2,1H3,(H,16,18). The Bertz CT molecular complexity index is 486. The molecule has 0 aromatic heterocycles. The molecule has 2 aliphatic rings. The van der Waals surface area contributed by atoms with E-state index in [1.807, 2.05) is 6.07 Å². The zero-order valence-corrected chi connectivity index (χ0v) is 10.6. The molecule has 2 aliphatic heterocycles. The second-order valence-corrected chi connectivity index (χ2v) is 5.28. The molecule has 2 atom stereocenters. The van der Waals surface area contributed by atoms with Gasteiger partial charge in [0, 0.05) is 29.5 Å². The van der Waals surface area contributed by atoms with Gasteiger partial charge in [-0.3, -0.25) is 4.79 Å². The number of amides is 1. The van der Waals surface area contributed by atoms with E-state index in [9.17, 15) is 4.79 Å². The molecule has 1 aromatic rings. The fourth-order valence-electron chi connectivity index (χ4n) is 2.94. The second-order valence-electron chi connectivity index (χ2n) is 5.28. The van der Waals surface area contributed by atoms with Crippen LogP contribution >= 0.6 is 0 Å². The molecule has 0 radical (unpaired) electrons. The van der Waals surface area contributed by atoms with E-state index in [1.54, 1.807) is 0 Å². The molecule has 3 rings (SSSR count). The number of nitrogens with two attached hydrogens (primary N) is 1. The fourth-order valence-corrected chi connectivity index (χ4v) is 2.94. The van der Waals surface area contributed by atoms with E-state index in [2.05, 4.69) is 29.3 Å². The van der Waals surface area contributed by atoms with Crippen molar-refractivity contribution in [2.75, 3.05) is 16.8 Å². The number of benzene rings is 1. The Labute approximate surface area is 107 Å². The van der Waals surface area contributed by atoms with E-state index in [0.717, 1.165) is 17.8 Å². The van der Waals surface area contributed by atoms with Crippen molar-refractivity contribution in [1.29, 1.82) is 0 Å². The van der Waals surface area contributed by atoms with Crippen LogP contribution in [0, 0.1) is 0 Å². The molecule has 3 N–H and O–H groups in total. The number of carbonyl (C=O) groups is 1. The predicted octanol–water partition coefficient (Wildman–Crippen LogP) is 2.02. The van der Waals surface area contributed by atoms with Crippen molar-refractivity contribution < 1.29 is 4.79 Å². The Balaban J connectivity index is 1.91. The van der Waals surface area contributed by atoms with Gasteiger partial charge in [0.1, 0.15) is 6.04 Å². The first-order valence-corrected chi connectivity index (χ1v) is 6.64. The lowest BCUT2D eigenvalue weighted by Gasteiger charge is -2.35. The largest absolute Gasteiger partial charge is 0.369 e. The molecule has 0 aliphatic carbocycles. The number of nitrogens with zero attached hydrogens (tertiary/aromatic N) is 1. The monoisotopic (exact) mass is 245 g/mol. The molecule has 96 valence electrons. The summed E-state index contributed by atoms with van der Waals surface area (Å²) in [6, 6.07) is 6.19. The Hall–Kier alpha value is -1.55. The molecule has 1 fully saturated rings. The number of hydrogen-bond acceptors (Lipinski definition) is 3. The molecular weight excluding hydrogens is 226 g/mol. The first kappa shape index (κ1) is 11.5. The molecule has 4 nitrogen and oxygen atoms in total. The van der Waals surface area contributed by atoms with Gasteiger partial charge in [0.15, 0.2) is 0 Å². The molecule has 1 saturated heterocycles. The van der Waals surface area contributed by atoms with Gasteiger partial charge < -0.3 is 16.0 Å². The summed E-state index contributed by atoms with van der Waals surface area (Å²) in [6.45, 7) is 3.36. The van der Waals surface area contributed by atoms with E-state index < -0.39 is 6.04 Å². The van der Waals surface area contributed by atoms with Crippen molar-refractivity contribution in [1.82, 2.24) is 0 Å². The molecule has 0 spiro atoms. The minimum absolute atomic E-state index is 0.103. The first-order valence-electron chi connectivity index (χ1n) is 6.64. The van der Waals surface area contributed by atoms with Crippen LogP contribution in [0.3, 0.4) is 0 Å². The van der Waals surface area contributed by atoms with Gasteiger partial charge in [-0.2, -0.15) is 0 Å². The summed E-state index contributed by atoms with van der Waals surface area (Å²) < 4.78 is 0. The lowest BCUT2D eigenvalue weighted by atomic mass is 10.0. The van der Waals surface area contributed by atoms with Gasteiger partial charge in [-0.1, -0.05) is 6.07 Å². The van der Waals surface area contributed by atoms with E-state index in [1.165, 1.54) is 24.9 Å². The molecule has 18 heavy (non-hydrogen) atoms. The molecule has 2 heterocycles. The van der Waals surface area contributed by atoms with Gasteiger partial charge in [-0.05, 0) is 38.3 Å². The topological polar surface area (TPSA) is 58.4 Å². The highest BCUT2D eigenvalue weighted by Crippen LogP contribution is 2.34. The summed E-state index contributed by atoms with van der Waals surface area (Å²) in [7, 11) is 0. The minimum atomic E-state index is -0.507. The third-order valence-corrected chi connectivity index (χ3v) is 4.05. The third kappa shape index (κ3) is 1.77. The van der Waals surface area contributed by atoms with Crippen molar-refractivity contribution in [2.24, 2.45) is 5.73 Å². The van der Waals surface area contributed by atoms with Crippen LogP contribution in [-0.4, -0.2) is 18.5 Å².